The van der Waals surface area contributed by atoms with E-state index in [2.05, 4.69) is 20.6 Å². The van der Waals surface area contributed by atoms with Gasteiger partial charge < -0.3 is 20.0 Å². The third-order valence-corrected chi connectivity index (χ3v) is 4.10. The van der Waals surface area contributed by atoms with Gasteiger partial charge in [-0.15, -0.1) is 0 Å². The van der Waals surface area contributed by atoms with E-state index < -0.39 is 11.5 Å². The van der Waals surface area contributed by atoms with Crippen molar-refractivity contribution >= 4 is 34.1 Å². The molecule has 0 aliphatic carbocycles. The Morgan fingerprint density at radius 1 is 1.00 bits per heavy atom. The molecule has 0 spiro atoms. The van der Waals surface area contributed by atoms with Gasteiger partial charge in [-0.25, -0.2) is 4.98 Å². The lowest BCUT2D eigenvalue weighted by Crippen LogP contribution is -2.16. The van der Waals surface area contributed by atoms with Gasteiger partial charge in [-0.3, -0.25) is 9.59 Å². The summed E-state index contributed by atoms with van der Waals surface area (Å²) in [4.78, 5) is 31.1. The van der Waals surface area contributed by atoms with E-state index in [1.54, 1.807) is 19.1 Å². The Morgan fingerprint density at radius 3 is 2.41 bits per heavy atom. The van der Waals surface area contributed by atoms with Crippen LogP contribution in [0.15, 0.2) is 70.1 Å². The molecule has 134 valence electrons. The van der Waals surface area contributed by atoms with Gasteiger partial charge in [0, 0.05) is 17.1 Å². The molecule has 2 aromatic heterocycles. The molecule has 0 aliphatic rings. The zero-order valence-corrected chi connectivity index (χ0v) is 14.4. The van der Waals surface area contributed by atoms with E-state index in [4.69, 9.17) is 4.42 Å². The van der Waals surface area contributed by atoms with Crippen LogP contribution in [0, 0.1) is 6.92 Å². The predicted octanol–water partition coefficient (Wildman–Crippen LogP) is 3.82. The number of nitrogens with one attached hydrogen (secondary N) is 3. The van der Waals surface area contributed by atoms with E-state index in [0.29, 0.717) is 11.4 Å². The fourth-order valence-electron chi connectivity index (χ4n) is 2.85. The molecule has 0 unspecified atom stereocenters. The topological polar surface area (TPSA) is 100 Å². The normalized spacial score (nSPS) is 10.7. The number of aromatic nitrogens is 2. The summed E-state index contributed by atoms with van der Waals surface area (Å²) in [5.41, 5.74) is 2.39. The number of aromatic amines is 1. The van der Waals surface area contributed by atoms with Gasteiger partial charge in [-0.05, 0) is 43.3 Å². The predicted molar refractivity (Wildman–Crippen MR) is 103 cm³/mol. The number of carbonyl (C=O) groups is 1. The summed E-state index contributed by atoms with van der Waals surface area (Å²) in [6, 6.07) is 17.1. The molecule has 7 heteroatoms. The smallest absolute Gasteiger partial charge is 0.262 e. The van der Waals surface area contributed by atoms with Crippen molar-refractivity contribution in [2.24, 2.45) is 0 Å². The number of para-hydroxylation sites is 1. The number of H-pyrrole nitrogens is 1. The highest BCUT2D eigenvalue weighted by Gasteiger charge is 2.21. The fourth-order valence-corrected chi connectivity index (χ4v) is 2.85. The van der Waals surface area contributed by atoms with Crippen LogP contribution in [0.1, 0.15) is 16.1 Å². The van der Waals surface area contributed by atoms with Gasteiger partial charge in [0.15, 0.2) is 0 Å². The molecular weight excluding hydrogens is 344 g/mol. The van der Waals surface area contributed by atoms with E-state index in [0.717, 1.165) is 11.4 Å². The van der Waals surface area contributed by atoms with Crippen LogP contribution in [0.2, 0.25) is 0 Å². The molecule has 2 aromatic carbocycles. The van der Waals surface area contributed by atoms with Crippen LogP contribution in [0.5, 0.6) is 0 Å². The summed E-state index contributed by atoms with van der Waals surface area (Å²) in [6.45, 7) is 1.63. The number of nitrogens with zero attached hydrogens (tertiary/aromatic N) is 1. The lowest BCUT2D eigenvalue weighted by atomic mass is 10.1. The number of benzene rings is 2. The Bertz CT molecular complexity index is 1160. The first-order valence-corrected chi connectivity index (χ1v) is 8.32. The van der Waals surface area contributed by atoms with Crippen LogP contribution >= 0.6 is 0 Å². The van der Waals surface area contributed by atoms with Gasteiger partial charge in [-0.1, -0.05) is 18.2 Å². The molecule has 3 N–H and O–H groups in total. The van der Waals surface area contributed by atoms with Crippen LogP contribution in [-0.4, -0.2) is 15.9 Å². The molecule has 2 heterocycles. The monoisotopic (exact) mass is 360 g/mol. The Morgan fingerprint density at radius 2 is 1.67 bits per heavy atom. The SMILES string of the molecule is Cc1oc2nc[nH]c(=O)c2c1C(=O)Nc1ccc(Nc2ccccc2)cc1. The number of fused-ring (bicyclic) bond motifs is 1. The van der Waals surface area contributed by atoms with Gasteiger partial charge in [-0.2, -0.15) is 0 Å². The zero-order chi connectivity index (χ0) is 18.8. The highest BCUT2D eigenvalue weighted by Crippen LogP contribution is 2.23. The van der Waals surface area contributed by atoms with Crippen molar-refractivity contribution in [2.75, 3.05) is 10.6 Å². The highest BCUT2D eigenvalue weighted by molar-refractivity contribution is 6.12. The molecule has 0 saturated carbocycles. The average Bonchev–Trinajstić information content (AvgIpc) is 3.01. The van der Waals surface area contributed by atoms with Crippen molar-refractivity contribution in [1.29, 1.82) is 0 Å². The fraction of sp³-hybridized carbons (Fsp3) is 0.0500. The van der Waals surface area contributed by atoms with Crippen molar-refractivity contribution in [3.63, 3.8) is 0 Å². The number of amides is 1. The van der Waals surface area contributed by atoms with E-state index in [-0.39, 0.29) is 16.7 Å². The molecule has 0 radical (unpaired) electrons. The summed E-state index contributed by atoms with van der Waals surface area (Å²) in [5.74, 6) is -0.0809. The molecule has 0 atom stereocenters. The highest BCUT2D eigenvalue weighted by atomic mass is 16.3. The van der Waals surface area contributed by atoms with Crippen LogP contribution in [0.25, 0.3) is 11.1 Å². The molecule has 0 fully saturated rings. The van der Waals surface area contributed by atoms with Gasteiger partial charge in [0.2, 0.25) is 5.71 Å². The Labute approximate surface area is 154 Å². The third kappa shape index (κ3) is 3.30. The van der Waals surface area contributed by atoms with Crippen LogP contribution < -0.4 is 16.2 Å². The van der Waals surface area contributed by atoms with Crippen molar-refractivity contribution < 1.29 is 9.21 Å². The van der Waals surface area contributed by atoms with Crippen molar-refractivity contribution in [2.45, 2.75) is 6.92 Å². The number of hydrogen-bond donors (Lipinski definition) is 3. The minimum atomic E-state index is -0.423. The number of hydrogen-bond acceptors (Lipinski definition) is 5. The van der Waals surface area contributed by atoms with E-state index in [1.807, 2.05) is 42.5 Å². The second kappa shape index (κ2) is 6.80. The maximum atomic E-state index is 12.7. The van der Waals surface area contributed by atoms with Crippen molar-refractivity contribution in [1.82, 2.24) is 9.97 Å². The summed E-state index contributed by atoms with van der Waals surface area (Å²) >= 11 is 0. The van der Waals surface area contributed by atoms with Crippen molar-refractivity contribution in [3.05, 3.63) is 82.6 Å². The number of carbonyl (C=O) groups excluding carboxylic acids is 1. The quantitative estimate of drug-likeness (QED) is 0.514. The first-order chi connectivity index (χ1) is 13.1. The summed E-state index contributed by atoms with van der Waals surface area (Å²) < 4.78 is 5.42. The lowest BCUT2D eigenvalue weighted by molar-refractivity contribution is 0.102. The molecule has 0 aliphatic heterocycles. The molecule has 0 bridgehead atoms. The van der Waals surface area contributed by atoms with E-state index >= 15 is 0 Å². The van der Waals surface area contributed by atoms with E-state index in [9.17, 15) is 9.59 Å². The standard InChI is InChI=1S/C20H16N4O3/c1-12-16(17-18(25)21-11-22-20(17)27-12)19(26)24-15-9-7-14(8-10-15)23-13-5-3-2-4-6-13/h2-11,23H,1H3,(H,24,26)(H,21,22,25). The molecule has 4 rings (SSSR count). The van der Waals surface area contributed by atoms with Gasteiger partial charge in [0.1, 0.15) is 11.1 Å². The summed E-state index contributed by atoms with van der Waals surface area (Å²) in [7, 11) is 0. The summed E-state index contributed by atoms with van der Waals surface area (Å²) in [5, 5.41) is 6.21. The second-order valence-corrected chi connectivity index (χ2v) is 5.97. The largest absolute Gasteiger partial charge is 0.442 e. The Kier molecular flexibility index (Phi) is 4.18. The first kappa shape index (κ1) is 16.6. The molecular formula is C20H16N4O3. The van der Waals surface area contributed by atoms with Crippen LogP contribution in [0.3, 0.4) is 0 Å². The molecule has 1 amide bonds. The lowest BCUT2D eigenvalue weighted by Gasteiger charge is -2.08. The van der Waals surface area contributed by atoms with E-state index in [1.165, 1.54) is 6.33 Å². The average molecular weight is 360 g/mol. The number of aryl methyl sites for hydroxylation is 1. The molecule has 0 saturated heterocycles. The maximum Gasteiger partial charge on any atom is 0.262 e. The van der Waals surface area contributed by atoms with Gasteiger partial charge in [0.05, 0.1) is 11.9 Å². The first-order valence-electron chi connectivity index (χ1n) is 8.32. The molecule has 27 heavy (non-hydrogen) atoms. The third-order valence-electron chi connectivity index (χ3n) is 4.10. The Balaban J connectivity index is 1.55. The van der Waals surface area contributed by atoms with Gasteiger partial charge in [0.25, 0.3) is 11.5 Å². The van der Waals surface area contributed by atoms with Crippen LogP contribution in [-0.2, 0) is 0 Å². The number of rotatable bonds is 4. The molecule has 4 aromatic rings. The minimum absolute atomic E-state index is 0.142. The van der Waals surface area contributed by atoms with Crippen molar-refractivity contribution in [3.8, 4) is 0 Å². The number of furan rings is 1. The summed E-state index contributed by atoms with van der Waals surface area (Å²) in [6.07, 6.45) is 1.24. The minimum Gasteiger partial charge on any atom is -0.442 e. The molecule has 7 nitrogen and oxygen atoms in total. The number of anilines is 3. The van der Waals surface area contributed by atoms with Gasteiger partial charge >= 0.3 is 0 Å². The zero-order valence-electron chi connectivity index (χ0n) is 14.4. The second-order valence-electron chi connectivity index (χ2n) is 5.97. The van der Waals surface area contributed by atoms with Crippen LogP contribution in [0.4, 0.5) is 17.1 Å². The maximum absolute atomic E-state index is 12.7. The Hall–Kier alpha value is -3.87.